The topological polar surface area (TPSA) is 100 Å². The Morgan fingerprint density at radius 1 is 0.897 bits per heavy atom. The van der Waals surface area contributed by atoms with Crippen LogP contribution in [-0.4, -0.2) is 39.5 Å². The van der Waals surface area contributed by atoms with Crippen molar-refractivity contribution in [2.24, 2.45) is 5.92 Å². The molecule has 0 radical (unpaired) electrons. The van der Waals surface area contributed by atoms with Crippen molar-refractivity contribution in [2.45, 2.75) is 39.4 Å². The summed E-state index contributed by atoms with van der Waals surface area (Å²) in [6.45, 7) is 5.05. The number of rotatable bonds is 7. The number of benzene rings is 2. The molecule has 0 bridgehead atoms. The van der Waals surface area contributed by atoms with Crippen LogP contribution < -0.4 is 10.6 Å². The minimum atomic E-state index is -1.13. The van der Waals surface area contributed by atoms with Crippen LogP contribution in [0.25, 0.3) is 21.8 Å². The summed E-state index contributed by atoms with van der Waals surface area (Å²) in [5.74, 6) is -2.14. The summed E-state index contributed by atoms with van der Waals surface area (Å²) in [6.07, 6.45) is 0. The minimum absolute atomic E-state index is 0.0546. The third kappa shape index (κ3) is 4.23. The van der Waals surface area contributed by atoms with E-state index in [0.29, 0.717) is 0 Å². The van der Waals surface area contributed by atoms with Gasteiger partial charge in [0.1, 0.15) is 18.6 Å². The molecule has 2 aromatic carbocycles. The molecular formula is C22H25N3O4. The van der Waals surface area contributed by atoms with E-state index in [0.717, 1.165) is 21.8 Å². The van der Waals surface area contributed by atoms with Crippen LogP contribution in [0.5, 0.6) is 0 Å². The zero-order valence-electron chi connectivity index (χ0n) is 16.7. The fraction of sp³-hybridized carbons (Fsp3) is 0.318. The van der Waals surface area contributed by atoms with Gasteiger partial charge in [-0.2, -0.15) is 0 Å². The molecule has 3 aromatic rings. The van der Waals surface area contributed by atoms with Gasteiger partial charge in [0, 0.05) is 21.8 Å². The second-order valence-electron chi connectivity index (χ2n) is 7.48. The molecule has 3 N–H and O–H groups in total. The Kier molecular flexibility index (Phi) is 5.87. The third-order valence-corrected chi connectivity index (χ3v) is 4.98. The van der Waals surface area contributed by atoms with Gasteiger partial charge in [-0.3, -0.25) is 14.4 Å². The molecule has 0 saturated carbocycles. The summed E-state index contributed by atoms with van der Waals surface area (Å²) < 4.78 is 1.93. The van der Waals surface area contributed by atoms with Gasteiger partial charge in [0.25, 0.3) is 0 Å². The van der Waals surface area contributed by atoms with Crippen molar-refractivity contribution < 1.29 is 19.5 Å². The Morgan fingerprint density at radius 3 is 1.90 bits per heavy atom. The van der Waals surface area contributed by atoms with Gasteiger partial charge in [-0.25, -0.2) is 0 Å². The molecule has 3 rings (SSSR count). The van der Waals surface area contributed by atoms with E-state index in [1.54, 1.807) is 13.8 Å². The first kappa shape index (κ1) is 20.4. The summed E-state index contributed by atoms with van der Waals surface area (Å²) in [7, 11) is 0. The fourth-order valence-electron chi connectivity index (χ4n) is 3.44. The second-order valence-corrected chi connectivity index (χ2v) is 7.48. The van der Waals surface area contributed by atoms with Crippen LogP contribution in [0.1, 0.15) is 20.8 Å². The number of aliphatic carboxylic acids is 1. The van der Waals surface area contributed by atoms with Gasteiger partial charge in [0.2, 0.25) is 11.8 Å². The zero-order valence-corrected chi connectivity index (χ0v) is 16.7. The second kappa shape index (κ2) is 8.34. The Balaban J connectivity index is 1.84. The number of amides is 2. The number of nitrogens with zero attached hydrogens (tertiary/aromatic N) is 1. The van der Waals surface area contributed by atoms with Crippen LogP contribution in [0.3, 0.4) is 0 Å². The summed E-state index contributed by atoms with van der Waals surface area (Å²) in [5.41, 5.74) is 1.88. The number of para-hydroxylation sites is 2. The van der Waals surface area contributed by atoms with Crippen LogP contribution in [0, 0.1) is 5.92 Å². The number of carboxylic acid groups (broad SMARTS) is 1. The molecule has 0 fully saturated rings. The molecule has 7 heteroatoms. The molecule has 0 aliphatic carbocycles. The predicted molar refractivity (Wildman–Crippen MR) is 111 cm³/mol. The SMILES string of the molecule is CC(C)[C@H](NC(=O)Cn1c2ccccc2c2ccccc21)C(=O)N[C@@H](C)C(=O)O. The maximum atomic E-state index is 12.8. The molecule has 2 amide bonds. The molecule has 2 atom stereocenters. The molecule has 7 nitrogen and oxygen atoms in total. The van der Waals surface area contributed by atoms with Crippen molar-refractivity contribution in [3.05, 3.63) is 48.5 Å². The van der Waals surface area contributed by atoms with Crippen LogP contribution in [0.2, 0.25) is 0 Å². The molecule has 0 saturated heterocycles. The Bertz CT molecular complexity index is 1020. The lowest BCUT2D eigenvalue weighted by Crippen LogP contribution is -2.53. The van der Waals surface area contributed by atoms with Crippen molar-refractivity contribution in [2.75, 3.05) is 0 Å². The number of hydrogen-bond acceptors (Lipinski definition) is 3. The molecule has 0 unspecified atom stereocenters. The average Bonchev–Trinajstić information content (AvgIpc) is 3.00. The van der Waals surface area contributed by atoms with Crippen LogP contribution in [-0.2, 0) is 20.9 Å². The van der Waals surface area contributed by atoms with Gasteiger partial charge in [0.05, 0.1) is 0 Å². The Hall–Kier alpha value is -3.35. The Labute approximate surface area is 168 Å². The largest absolute Gasteiger partial charge is 0.480 e. The van der Waals surface area contributed by atoms with Crippen molar-refractivity contribution in [1.82, 2.24) is 15.2 Å². The number of aromatic nitrogens is 1. The predicted octanol–water partition coefficient (Wildman–Crippen LogP) is 2.52. The highest BCUT2D eigenvalue weighted by atomic mass is 16.4. The van der Waals surface area contributed by atoms with E-state index in [1.807, 2.05) is 53.1 Å². The van der Waals surface area contributed by atoms with Gasteiger partial charge in [-0.1, -0.05) is 50.2 Å². The average molecular weight is 395 g/mol. The van der Waals surface area contributed by atoms with E-state index in [1.165, 1.54) is 6.92 Å². The highest BCUT2D eigenvalue weighted by Gasteiger charge is 2.27. The first-order valence-electron chi connectivity index (χ1n) is 9.58. The van der Waals surface area contributed by atoms with E-state index in [2.05, 4.69) is 10.6 Å². The standard InChI is InChI=1S/C22H25N3O4/c1-13(2)20(21(27)23-14(3)22(28)29)24-19(26)12-25-17-10-6-4-8-15(17)16-9-5-7-11-18(16)25/h4-11,13-14,20H,12H2,1-3H3,(H,23,27)(H,24,26)(H,28,29)/t14-,20-/m0/s1. The monoisotopic (exact) mass is 395 g/mol. The molecule has 1 heterocycles. The van der Waals surface area contributed by atoms with Crippen molar-refractivity contribution in [3.63, 3.8) is 0 Å². The Morgan fingerprint density at radius 2 is 1.41 bits per heavy atom. The van der Waals surface area contributed by atoms with E-state index in [-0.39, 0.29) is 18.4 Å². The number of fused-ring (bicyclic) bond motifs is 3. The molecule has 0 aliphatic rings. The van der Waals surface area contributed by atoms with Gasteiger partial charge >= 0.3 is 5.97 Å². The highest BCUT2D eigenvalue weighted by Crippen LogP contribution is 2.28. The summed E-state index contributed by atoms with van der Waals surface area (Å²) >= 11 is 0. The van der Waals surface area contributed by atoms with E-state index in [9.17, 15) is 14.4 Å². The maximum absolute atomic E-state index is 12.8. The summed E-state index contributed by atoms with van der Waals surface area (Å²) in [5, 5.41) is 16.3. The summed E-state index contributed by atoms with van der Waals surface area (Å²) in [6, 6.07) is 13.9. The maximum Gasteiger partial charge on any atom is 0.325 e. The van der Waals surface area contributed by atoms with Gasteiger partial charge in [-0.15, -0.1) is 0 Å². The highest BCUT2D eigenvalue weighted by molar-refractivity contribution is 6.08. The van der Waals surface area contributed by atoms with Crippen molar-refractivity contribution in [1.29, 1.82) is 0 Å². The summed E-state index contributed by atoms with van der Waals surface area (Å²) in [4.78, 5) is 36.3. The van der Waals surface area contributed by atoms with Gasteiger partial charge < -0.3 is 20.3 Å². The zero-order chi connectivity index (χ0) is 21.1. The quantitative estimate of drug-likeness (QED) is 0.572. The molecule has 1 aromatic heterocycles. The lowest BCUT2D eigenvalue weighted by molar-refractivity contribution is -0.142. The smallest absolute Gasteiger partial charge is 0.325 e. The first-order valence-corrected chi connectivity index (χ1v) is 9.58. The molecule has 0 spiro atoms. The van der Waals surface area contributed by atoms with Crippen LogP contribution in [0.15, 0.2) is 48.5 Å². The molecule has 0 aliphatic heterocycles. The fourth-order valence-corrected chi connectivity index (χ4v) is 3.44. The number of carbonyl (C=O) groups excluding carboxylic acids is 2. The van der Waals surface area contributed by atoms with Crippen molar-refractivity contribution in [3.8, 4) is 0 Å². The first-order chi connectivity index (χ1) is 13.8. The van der Waals surface area contributed by atoms with Crippen molar-refractivity contribution >= 4 is 39.6 Å². The van der Waals surface area contributed by atoms with Crippen LogP contribution >= 0.6 is 0 Å². The minimum Gasteiger partial charge on any atom is -0.480 e. The van der Waals surface area contributed by atoms with E-state index >= 15 is 0 Å². The molecule has 29 heavy (non-hydrogen) atoms. The lowest BCUT2D eigenvalue weighted by Gasteiger charge is -2.23. The number of carbonyl (C=O) groups is 3. The van der Waals surface area contributed by atoms with E-state index < -0.39 is 24.0 Å². The number of carboxylic acids is 1. The lowest BCUT2D eigenvalue weighted by atomic mass is 10.0. The third-order valence-electron chi connectivity index (χ3n) is 4.98. The normalized spacial score (nSPS) is 13.4. The number of nitrogens with one attached hydrogen (secondary N) is 2. The van der Waals surface area contributed by atoms with Gasteiger partial charge in [0.15, 0.2) is 0 Å². The van der Waals surface area contributed by atoms with Crippen LogP contribution in [0.4, 0.5) is 0 Å². The molecular weight excluding hydrogens is 370 g/mol. The number of hydrogen-bond donors (Lipinski definition) is 3. The van der Waals surface area contributed by atoms with E-state index in [4.69, 9.17) is 5.11 Å². The van der Waals surface area contributed by atoms with Gasteiger partial charge in [-0.05, 0) is 25.0 Å². The molecule has 152 valence electrons.